The normalized spacial score (nSPS) is 10.7. The van der Waals surface area contributed by atoms with E-state index in [-0.39, 0.29) is 18.4 Å². The number of nitrogens with one attached hydrogen (secondary N) is 1. The molecule has 134 valence electrons. The second-order valence-corrected chi connectivity index (χ2v) is 5.86. The van der Waals surface area contributed by atoms with Crippen LogP contribution in [0.5, 0.6) is 0 Å². The molecular formula is C19H25N3O3. The van der Waals surface area contributed by atoms with Crippen molar-refractivity contribution in [2.24, 2.45) is 0 Å². The van der Waals surface area contributed by atoms with E-state index in [0.717, 1.165) is 5.76 Å². The first-order chi connectivity index (χ1) is 12.0. The van der Waals surface area contributed by atoms with Crippen molar-refractivity contribution in [3.8, 4) is 0 Å². The highest BCUT2D eigenvalue weighted by atomic mass is 16.3. The predicted octanol–water partition coefficient (Wildman–Crippen LogP) is 2.83. The maximum atomic E-state index is 12.4. The van der Waals surface area contributed by atoms with Gasteiger partial charge in [-0.3, -0.25) is 14.5 Å². The number of nitrogens with zero attached hydrogens (tertiary/aromatic N) is 2. The first-order valence-corrected chi connectivity index (χ1v) is 8.43. The molecule has 6 nitrogen and oxygen atoms in total. The van der Waals surface area contributed by atoms with Crippen molar-refractivity contribution in [3.63, 3.8) is 0 Å². The van der Waals surface area contributed by atoms with Gasteiger partial charge in [-0.2, -0.15) is 0 Å². The van der Waals surface area contributed by atoms with Crippen LogP contribution in [0.15, 0.2) is 47.1 Å². The molecule has 0 radical (unpaired) electrons. The van der Waals surface area contributed by atoms with E-state index in [1.54, 1.807) is 35.4 Å². The summed E-state index contributed by atoms with van der Waals surface area (Å²) >= 11 is 0. The van der Waals surface area contributed by atoms with Gasteiger partial charge in [0.25, 0.3) is 5.91 Å². The van der Waals surface area contributed by atoms with Gasteiger partial charge in [0.2, 0.25) is 5.91 Å². The average Bonchev–Trinajstić information content (AvgIpc) is 3.08. The molecule has 0 aliphatic carbocycles. The summed E-state index contributed by atoms with van der Waals surface area (Å²) in [7, 11) is 1.85. The lowest BCUT2D eigenvalue weighted by Crippen LogP contribution is -2.31. The van der Waals surface area contributed by atoms with E-state index in [4.69, 9.17) is 4.42 Å². The third-order valence-electron chi connectivity index (χ3n) is 3.86. The Morgan fingerprint density at radius 3 is 2.52 bits per heavy atom. The van der Waals surface area contributed by atoms with E-state index in [1.807, 2.05) is 37.9 Å². The molecule has 0 unspecified atom stereocenters. The van der Waals surface area contributed by atoms with Crippen LogP contribution < -0.4 is 5.32 Å². The first-order valence-electron chi connectivity index (χ1n) is 8.43. The number of likely N-dealkylation sites (N-methyl/N-ethyl adjacent to an activating group) is 1. The molecule has 2 aromatic rings. The van der Waals surface area contributed by atoms with Crippen molar-refractivity contribution in [1.29, 1.82) is 0 Å². The summed E-state index contributed by atoms with van der Waals surface area (Å²) in [6.45, 7) is 5.99. The third-order valence-corrected chi connectivity index (χ3v) is 3.86. The molecule has 1 aromatic heterocycles. The van der Waals surface area contributed by atoms with E-state index < -0.39 is 0 Å². The van der Waals surface area contributed by atoms with Crippen LogP contribution in [-0.2, 0) is 11.3 Å². The summed E-state index contributed by atoms with van der Waals surface area (Å²) in [5, 5.41) is 2.84. The molecule has 2 amide bonds. The lowest BCUT2D eigenvalue weighted by atomic mass is 10.1. The summed E-state index contributed by atoms with van der Waals surface area (Å²) in [6, 6.07) is 10.7. The molecule has 0 saturated carbocycles. The second-order valence-electron chi connectivity index (χ2n) is 5.86. The van der Waals surface area contributed by atoms with Crippen molar-refractivity contribution in [2.75, 3.05) is 32.0 Å². The van der Waals surface area contributed by atoms with Crippen LogP contribution >= 0.6 is 0 Å². The molecule has 6 heteroatoms. The summed E-state index contributed by atoms with van der Waals surface area (Å²) in [4.78, 5) is 28.2. The van der Waals surface area contributed by atoms with Crippen molar-refractivity contribution < 1.29 is 14.0 Å². The molecule has 25 heavy (non-hydrogen) atoms. The fourth-order valence-corrected chi connectivity index (χ4v) is 2.59. The molecule has 0 aliphatic rings. The largest absolute Gasteiger partial charge is 0.468 e. The molecule has 0 atom stereocenters. The molecule has 0 spiro atoms. The summed E-state index contributed by atoms with van der Waals surface area (Å²) in [6.07, 6.45) is 1.61. The Morgan fingerprint density at radius 1 is 1.12 bits per heavy atom. The zero-order valence-electron chi connectivity index (χ0n) is 15.0. The Morgan fingerprint density at radius 2 is 1.88 bits per heavy atom. The van der Waals surface area contributed by atoms with Crippen molar-refractivity contribution in [2.45, 2.75) is 20.4 Å². The van der Waals surface area contributed by atoms with Gasteiger partial charge in [0, 0.05) is 24.3 Å². The average molecular weight is 343 g/mol. The van der Waals surface area contributed by atoms with E-state index in [1.165, 1.54) is 0 Å². The second kappa shape index (κ2) is 9.03. The van der Waals surface area contributed by atoms with Crippen molar-refractivity contribution >= 4 is 17.5 Å². The van der Waals surface area contributed by atoms with Crippen molar-refractivity contribution in [1.82, 2.24) is 9.80 Å². The minimum Gasteiger partial charge on any atom is -0.468 e. The summed E-state index contributed by atoms with van der Waals surface area (Å²) in [5.74, 6) is 0.639. The number of hydrogen-bond donors (Lipinski definition) is 1. The predicted molar refractivity (Wildman–Crippen MR) is 97.4 cm³/mol. The first kappa shape index (κ1) is 18.7. The van der Waals surface area contributed by atoms with Gasteiger partial charge in [0.15, 0.2) is 0 Å². The zero-order chi connectivity index (χ0) is 18.2. The fraction of sp³-hybridized carbons (Fsp3) is 0.368. The summed E-state index contributed by atoms with van der Waals surface area (Å²) < 4.78 is 5.27. The minimum absolute atomic E-state index is 0.0314. The number of carbonyl (C=O) groups excluding carboxylic acids is 2. The maximum Gasteiger partial charge on any atom is 0.253 e. The quantitative estimate of drug-likeness (QED) is 0.800. The van der Waals surface area contributed by atoms with Crippen LogP contribution in [0.25, 0.3) is 0 Å². The van der Waals surface area contributed by atoms with Gasteiger partial charge in [0.1, 0.15) is 5.76 Å². The molecule has 2 rings (SSSR count). The van der Waals surface area contributed by atoms with Crippen LogP contribution in [0.2, 0.25) is 0 Å². The summed E-state index contributed by atoms with van der Waals surface area (Å²) in [5.41, 5.74) is 1.19. The topological polar surface area (TPSA) is 65.8 Å². The number of rotatable bonds is 8. The lowest BCUT2D eigenvalue weighted by Gasteiger charge is -2.19. The molecule has 0 saturated heterocycles. The SMILES string of the molecule is CCN(CC)C(=O)c1cccc(NC(=O)CN(C)Cc2ccco2)c1. The molecular weight excluding hydrogens is 318 g/mol. The Balaban J connectivity index is 1.94. The number of benzene rings is 1. The van der Waals surface area contributed by atoms with Crippen LogP contribution in [0.3, 0.4) is 0 Å². The van der Waals surface area contributed by atoms with Gasteiger partial charge in [-0.05, 0) is 51.2 Å². The van der Waals surface area contributed by atoms with Gasteiger partial charge in [-0.1, -0.05) is 6.07 Å². The van der Waals surface area contributed by atoms with Crippen LogP contribution in [-0.4, -0.2) is 48.3 Å². The molecule has 1 heterocycles. The third kappa shape index (κ3) is 5.46. The fourth-order valence-electron chi connectivity index (χ4n) is 2.59. The van der Waals surface area contributed by atoms with Gasteiger partial charge in [-0.25, -0.2) is 0 Å². The number of carbonyl (C=O) groups is 2. The highest BCUT2D eigenvalue weighted by Gasteiger charge is 2.14. The van der Waals surface area contributed by atoms with E-state index >= 15 is 0 Å². The molecule has 0 bridgehead atoms. The standard InChI is InChI=1S/C19H25N3O3/c1-4-22(5-2)19(24)15-8-6-9-16(12-15)20-18(23)14-21(3)13-17-10-7-11-25-17/h6-12H,4-5,13-14H2,1-3H3,(H,20,23). The number of anilines is 1. The molecule has 0 aliphatic heterocycles. The molecule has 1 N–H and O–H groups in total. The molecule has 1 aromatic carbocycles. The Labute approximate surface area is 148 Å². The van der Waals surface area contributed by atoms with Gasteiger partial charge < -0.3 is 14.6 Å². The number of amides is 2. The lowest BCUT2D eigenvalue weighted by molar-refractivity contribution is -0.117. The van der Waals surface area contributed by atoms with Crippen molar-refractivity contribution in [3.05, 3.63) is 54.0 Å². The van der Waals surface area contributed by atoms with Crippen LogP contribution in [0, 0.1) is 0 Å². The highest BCUT2D eigenvalue weighted by molar-refractivity contribution is 5.97. The van der Waals surface area contributed by atoms with E-state index in [9.17, 15) is 9.59 Å². The van der Waals surface area contributed by atoms with Gasteiger partial charge in [0.05, 0.1) is 19.4 Å². The zero-order valence-corrected chi connectivity index (χ0v) is 15.0. The number of hydrogen-bond acceptors (Lipinski definition) is 4. The van der Waals surface area contributed by atoms with E-state index in [0.29, 0.717) is 30.9 Å². The smallest absolute Gasteiger partial charge is 0.253 e. The van der Waals surface area contributed by atoms with Gasteiger partial charge >= 0.3 is 0 Å². The highest BCUT2D eigenvalue weighted by Crippen LogP contribution is 2.13. The Hall–Kier alpha value is -2.60. The monoisotopic (exact) mass is 343 g/mol. The Bertz CT molecular complexity index is 694. The van der Waals surface area contributed by atoms with E-state index in [2.05, 4.69) is 5.32 Å². The van der Waals surface area contributed by atoms with Gasteiger partial charge in [-0.15, -0.1) is 0 Å². The minimum atomic E-state index is -0.138. The van der Waals surface area contributed by atoms with Crippen LogP contribution in [0.4, 0.5) is 5.69 Å². The van der Waals surface area contributed by atoms with Crippen LogP contribution in [0.1, 0.15) is 30.0 Å². The molecule has 0 fully saturated rings. The Kier molecular flexibility index (Phi) is 6.77. The number of furan rings is 1. The maximum absolute atomic E-state index is 12.4.